The van der Waals surface area contributed by atoms with E-state index >= 15 is 0 Å². The second kappa shape index (κ2) is 5.92. The maximum absolute atomic E-state index is 13.0. The molecule has 0 atom stereocenters. The molecule has 1 aliphatic carbocycles. The molecule has 122 valence electrons. The Hall–Kier alpha value is -1.95. The lowest BCUT2D eigenvalue weighted by atomic mass is 9.80. The number of amides is 2. The fourth-order valence-electron chi connectivity index (χ4n) is 3.55. The van der Waals surface area contributed by atoms with Gasteiger partial charge in [0.05, 0.1) is 7.11 Å². The highest BCUT2D eigenvalue weighted by Crippen LogP contribution is 2.43. The zero-order valence-corrected chi connectivity index (χ0v) is 14.2. The van der Waals surface area contributed by atoms with E-state index in [1.807, 2.05) is 36.1 Å². The summed E-state index contributed by atoms with van der Waals surface area (Å²) in [6, 6.07) is 7.87. The molecule has 0 unspecified atom stereocenters. The van der Waals surface area contributed by atoms with Crippen LogP contribution in [0, 0.1) is 6.92 Å². The molecule has 1 aromatic rings. The first-order chi connectivity index (χ1) is 11.0. The van der Waals surface area contributed by atoms with Gasteiger partial charge in [-0.15, -0.1) is 0 Å². The van der Waals surface area contributed by atoms with Crippen LogP contribution < -0.4 is 4.90 Å². The van der Waals surface area contributed by atoms with Gasteiger partial charge in [-0.2, -0.15) is 4.90 Å². The average Bonchev–Trinajstić information content (AvgIpc) is 2.76. The molecule has 0 radical (unpaired) electrons. The molecular formula is C17H20N2O3S. The third kappa shape index (κ3) is 2.41. The summed E-state index contributed by atoms with van der Waals surface area (Å²) in [5, 5.41) is 0.215. The lowest BCUT2D eigenvalue weighted by molar-refractivity contribution is -0.130. The minimum absolute atomic E-state index is 0.215. The monoisotopic (exact) mass is 332 g/mol. The molecule has 1 aromatic carbocycles. The summed E-state index contributed by atoms with van der Waals surface area (Å²) in [5.41, 5.74) is 1.23. The summed E-state index contributed by atoms with van der Waals surface area (Å²) >= 11 is 5.48. The van der Waals surface area contributed by atoms with Crippen LogP contribution in [0.1, 0.15) is 37.7 Å². The van der Waals surface area contributed by atoms with E-state index < -0.39 is 11.6 Å². The van der Waals surface area contributed by atoms with Gasteiger partial charge in [0.2, 0.25) is 0 Å². The van der Waals surface area contributed by atoms with Crippen molar-refractivity contribution in [2.45, 2.75) is 44.6 Å². The number of hydrogen-bond acceptors (Lipinski definition) is 4. The van der Waals surface area contributed by atoms with Crippen molar-refractivity contribution in [2.24, 2.45) is 0 Å². The van der Waals surface area contributed by atoms with E-state index in [1.165, 1.54) is 7.11 Å². The number of carbonyl (C=O) groups excluding carboxylic acids is 2. The molecular weight excluding hydrogens is 312 g/mol. The predicted molar refractivity (Wildman–Crippen MR) is 91.3 cm³/mol. The summed E-state index contributed by atoms with van der Waals surface area (Å²) in [4.78, 5) is 28.0. The molecule has 2 aliphatic rings. The van der Waals surface area contributed by atoms with Gasteiger partial charge in [-0.05, 0) is 44.1 Å². The second-order valence-corrected chi connectivity index (χ2v) is 6.52. The van der Waals surface area contributed by atoms with Crippen molar-refractivity contribution >= 4 is 35.0 Å². The normalized spacial score (nSPS) is 20.3. The quantitative estimate of drug-likeness (QED) is 0.738. The van der Waals surface area contributed by atoms with Crippen molar-refractivity contribution in [1.29, 1.82) is 0 Å². The van der Waals surface area contributed by atoms with Crippen LogP contribution in [0.3, 0.4) is 0 Å². The lowest BCUT2D eigenvalue weighted by Crippen LogP contribution is -2.51. The molecule has 2 fully saturated rings. The summed E-state index contributed by atoms with van der Waals surface area (Å²) in [5.74, 6) is -0.255. The third-order valence-electron chi connectivity index (χ3n) is 4.74. The number of carbonyl (C=O) groups is 2. The molecule has 1 saturated carbocycles. The Morgan fingerprint density at radius 1 is 1.17 bits per heavy atom. The molecule has 1 heterocycles. The van der Waals surface area contributed by atoms with Crippen molar-refractivity contribution in [3.8, 4) is 0 Å². The van der Waals surface area contributed by atoms with E-state index in [9.17, 15) is 9.59 Å². The lowest BCUT2D eigenvalue weighted by Gasteiger charge is -2.39. The Balaban J connectivity index is 2.09. The molecule has 2 amide bonds. The van der Waals surface area contributed by atoms with Crippen LogP contribution in [-0.4, -0.2) is 34.7 Å². The Kier molecular flexibility index (Phi) is 4.10. The molecule has 3 rings (SSSR count). The van der Waals surface area contributed by atoms with Gasteiger partial charge in [0, 0.05) is 5.69 Å². The molecule has 23 heavy (non-hydrogen) atoms. The number of thiocarbonyl (C=S) groups is 1. The number of aryl methyl sites for hydroxylation is 1. The highest BCUT2D eigenvalue weighted by atomic mass is 32.1. The van der Waals surface area contributed by atoms with Crippen LogP contribution in [0.5, 0.6) is 0 Å². The minimum Gasteiger partial charge on any atom is -0.452 e. The number of imide groups is 1. The van der Waals surface area contributed by atoms with Gasteiger partial charge in [0.15, 0.2) is 5.11 Å². The molecule has 1 saturated heterocycles. The number of nitrogens with zero attached hydrogens (tertiary/aromatic N) is 2. The Labute approximate surface area is 141 Å². The number of anilines is 1. The molecule has 6 heteroatoms. The SMILES string of the molecule is COC(=O)N1C(=O)C2(CCCCC2)N(c2ccc(C)cc2)C1=S. The van der Waals surface area contributed by atoms with Gasteiger partial charge in [-0.3, -0.25) is 4.79 Å². The van der Waals surface area contributed by atoms with Gasteiger partial charge < -0.3 is 9.64 Å². The fraction of sp³-hybridized carbons (Fsp3) is 0.471. The predicted octanol–water partition coefficient (Wildman–Crippen LogP) is 3.40. The van der Waals surface area contributed by atoms with Crippen LogP contribution in [0.2, 0.25) is 0 Å². The molecule has 0 bridgehead atoms. The first-order valence-electron chi connectivity index (χ1n) is 7.84. The van der Waals surface area contributed by atoms with E-state index in [0.29, 0.717) is 12.8 Å². The Bertz CT molecular complexity index is 650. The van der Waals surface area contributed by atoms with Crippen LogP contribution in [0.15, 0.2) is 24.3 Å². The van der Waals surface area contributed by atoms with Gasteiger partial charge >= 0.3 is 6.09 Å². The largest absolute Gasteiger partial charge is 0.452 e. The molecule has 1 spiro atoms. The summed E-state index contributed by atoms with van der Waals surface area (Å²) in [7, 11) is 1.26. The molecule has 1 aliphatic heterocycles. The topological polar surface area (TPSA) is 49.9 Å². The standard InChI is InChI=1S/C17H20N2O3S/c1-12-6-8-13(9-7-12)19-15(23)18(16(21)22-2)14(20)17(19)10-4-3-5-11-17/h6-9H,3-5,10-11H2,1-2H3. The summed E-state index contributed by atoms with van der Waals surface area (Å²) in [6.07, 6.45) is 3.69. The molecule has 0 aromatic heterocycles. The first-order valence-corrected chi connectivity index (χ1v) is 8.25. The Morgan fingerprint density at radius 2 is 1.78 bits per heavy atom. The van der Waals surface area contributed by atoms with E-state index in [2.05, 4.69) is 0 Å². The second-order valence-electron chi connectivity index (χ2n) is 6.16. The maximum atomic E-state index is 13.0. The molecule has 0 N–H and O–H groups in total. The number of methoxy groups -OCH3 is 1. The van der Waals surface area contributed by atoms with E-state index in [0.717, 1.165) is 35.4 Å². The van der Waals surface area contributed by atoms with Gasteiger partial charge in [0.25, 0.3) is 5.91 Å². The maximum Gasteiger partial charge on any atom is 0.422 e. The van der Waals surface area contributed by atoms with Crippen LogP contribution in [0.25, 0.3) is 0 Å². The highest BCUT2D eigenvalue weighted by molar-refractivity contribution is 7.80. The Morgan fingerprint density at radius 3 is 2.35 bits per heavy atom. The molecule has 5 nitrogen and oxygen atoms in total. The van der Waals surface area contributed by atoms with Crippen molar-refractivity contribution in [1.82, 2.24) is 4.90 Å². The number of benzene rings is 1. The van der Waals surface area contributed by atoms with E-state index in [-0.39, 0.29) is 11.0 Å². The summed E-state index contributed by atoms with van der Waals surface area (Å²) < 4.78 is 4.76. The zero-order chi connectivity index (χ0) is 16.6. The smallest absolute Gasteiger partial charge is 0.422 e. The highest BCUT2D eigenvalue weighted by Gasteiger charge is 2.58. The third-order valence-corrected chi connectivity index (χ3v) is 5.11. The van der Waals surface area contributed by atoms with Gasteiger partial charge in [-0.1, -0.05) is 37.0 Å². The number of hydrogen-bond donors (Lipinski definition) is 0. The van der Waals surface area contributed by atoms with Crippen LogP contribution >= 0.6 is 12.2 Å². The number of rotatable bonds is 1. The van der Waals surface area contributed by atoms with Crippen molar-refractivity contribution in [3.05, 3.63) is 29.8 Å². The fourth-order valence-corrected chi connectivity index (χ4v) is 3.99. The van der Waals surface area contributed by atoms with Crippen molar-refractivity contribution in [2.75, 3.05) is 12.0 Å². The van der Waals surface area contributed by atoms with E-state index in [4.69, 9.17) is 17.0 Å². The number of ether oxygens (including phenoxy) is 1. The van der Waals surface area contributed by atoms with Gasteiger partial charge in [0.1, 0.15) is 5.54 Å². The van der Waals surface area contributed by atoms with Crippen molar-refractivity contribution < 1.29 is 14.3 Å². The average molecular weight is 332 g/mol. The van der Waals surface area contributed by atoms with Crippen LogP contribution in [-0.2, 0) is 9.53 Å². The van der Waals surface area contributed by atoms with Gasteiger partial charge in [-0.25, -0.2) is 4.79 Å². The first kappa shape index (κ1) is 15.9. The zero-order valence-electron chi connectivity index (χ0n) is 13.4. The van der Waals surface area contributed by atoms with Crippen molar-refractivity contribution in [3.63, 3.8) is 0 Å². The minimum atomic E-state index is -0.751. The summed E-state index contributed by atoms with van der Waals surface area (Å²) in [6.45, 7) is 2.01. The van der Waals surface area contributed by atoms with E-state index in [1.54, 1.807) is 0 Å². The van der Waals surface area contributed by atoms with Crippen LogP contribution in [0.4, 0.5) is 10.5 Å².